The molecular formula is C12H26N2O. The molecule has 2 atom stereocenters. The van der Waals surface area contributed by atoms with Crippen molar-refractivity contribution >= 4 is 0 Å². The van der Waals surface area contributed by atoms with E-state index in [0.29, 0.717) is 12.1 Å². The fourth-order valence-corrected chi connectivity index (χ4v) is 1.80. The zero-order valence-corrected chi connectivity index (χ0v) is 10.4. The van der Waals surface area contributed by atoms with Gasteiger partial charge < -0.3 is 15.4 Å². The van der Waals surface area contributed by atoms with E-state index in [1.807, 2.05) is 0 Å². The van der Waals surface area contributed by atoms with E-state index in [9.17, 15) is 0 Å². The summed E-state index contributed by atoms with van der Waals surface area (Å²) in [5, 5.41) is 6.97. The predicted octanol–water partition coefficient (Wildman–Crippen LogP) is 1.39. The molecule has 0 aromatic rings. The van der Waals surface area contributed by atoms with Gasteiger partial charge in [0, 0.05) is 25.7 Å². The molecular weight excluding hydrogens is 188 g/mol. The molecule has 1 heterocycles. The predicted molar refractivity (Wildman–Crippen MR) is 64.1 cm³/mol. The van der Waals surface area contributed by atoms with Gasteiger partial charge >= 0.3 is 0 Å². The zero-order valence-electron chi connectivity index (χ0n) is 10.4. The fraction of sp³-hybridized carbons (Fsp3) is 1.00. The third-order valence-electron chi connectivity index (χ3n) is 2.72. The summed E-state index contributed by atoms with van der Waals surface area (Å²) in [7, 11) is 0. The molecule has 1 aliphatic heterocycles. The second-order valence-corrected chi connectivity index (χ2v) is 5.00. The van der Waals surface area contributed by atoms with Gasteiger partial charge in [0.15, 0.2) is 0 Å². The van der Waals surface area contributed by atoms with Crippen molar-refractivity contribution in [1.29, 1.82) is 0 Å². The molecule has 3 nitrogen and oxygen atoms in total. The lowest BCUT2D eigenvalue weighted by atomic mass is 10.2. The van der Waals surface area contributed by atoms with Crippen molar-refractivity contribution in [3.63, 3.8) is 0 Å². The first-order valence-corrected chi connectivity index (χ1v) is 6.24. The number of hydrogen-bond acceptors (Lipinski definition) is 3. The highest BCUT2D eigenvalue weighted by Crippen LogP contribution is 2.10. The molecule has 1 aliphatic rings. The minimum atomic E-state index is 0.456. The van der Waals surface area contributed by atoms with Crippen molar-refractivity contribution in [1.82, 2.24) is 10.6 Å². The van der Waals surface area contributed by atoms with Crippen LogP contribution in [0.4, 0.5) is 0 Å². The lowest BCUT2D eigenvalue weighted by Gasteiger charge is -2.18. The van der Waals surface area contributed by atoms with E-state index in [2.05, 4.69) is 31.4 Å². The van der Waals surface area contributed by atoms with Gasteiger partial charge in [0.25, 0.3) is 0 Å². The maximum atomic E-state index is 5.56. The van der Waals surface area contributed by atoms with Crippen LogP contribution in [0.1, 0.15) is 33.6 Å². The summed E-state index contributed by atoms with van der Waals surface area (Å²) in [5.74, 6) is 0.732. The van der Waals surface area contributed by atoms with E-state index in [0.717, 1.165) is 32.2 Å². The summed E-state index contributed by atoms with van der Waals surface area (Å²) in [6.07, 6.45) is 2.91. The minimum absolute atomic E-state index is 0.456. The second-order valence-electron chi connectivity index (χ2n) is 5.00. The summed E-state index contributed by atoms with van der Waals surface area (Å²) in [5.41, 5.74) is 0. The maximum absolute atomic E-state index is 5.56. The van der Waals surface area contributed by atoms with Crippen molar-refractivity contribution in [3.8, 4) is 0 Å². The molecule has 0 aromatic heterocycles. The van der Waals surface area contributed by atoms with Gasteiger partial charge in [-0.25, -0.2) is 0 Å². The Morgan fingerprint density at radius 1 is 1.27 bits per heavy atom. The molecule has 1 rings (SSSR count). The molecule has 1 fully saturated rings. The lowest BCUT2D eigenvalue weighted by molar-refractivity contribution is 0.108. The minimum Gasteiger partial charge on any atom is -0.377 e. The van der Waals surface area contributed by atoms with Gasteiger partial charge in [-0.2, -0.15) is 0 Å². The standard InChI is InChI=1S/C12H26N2O/c1-10(2)7-13-8-11(3)14-9-12-5-4-6-15-12/h10-14H,4-9H2,1-3H3/t11?,12-/m0/s1. The average molecular weight is 214 g/mol. The van der Waals surface area contributed by atoms with Crippen LogP contribution in [0.15, 0.2) is 0 Å². The Bertz CT molecular complexity index is 156. The molecule has 90 valence electrons. The van der Waals surface area contributed by atoms with Gasteiger partial charge in [0.1, 0.15) is 0 Å². The van der Waals surface area contributed by atoms with Gasteiger partial charge in [0.2, 0.25) is 0 Å². The zero-order chi connectivity index (χ0) is 11.1. The van der Waals surface area contributed by atoms with Gasteiger partial charge in [-0.3, -0.25) is 0 Å². The van der Waals surface area contributed by atoms with Crippen molar-refractivity contribution in [3.05, 3.63) is 0 Å². The maximum Gasteiger partial charge on any atom is 0.0700 e. The lowest BCUT2D eigenvalue weighted by Crippen LogP contribution is -2.40. The van der Waals surface area contributed by atoms with Gasteiger partial charge in [-0.15, -0.1) is 0 Å². The van der Waals surface area contributed by atoms with Gasteiger partial charge in [-0.1, -0.05) is 13.8 Å². The fourth-order valence-electron chi connectivity index (χ4n) is 1.80. The van der Waals surface area contributed by atoms with Crippen LogP contribution in [0, 0.1) is 5.92 Å². The molecule has 2 N–H and O–H groups in total. The van der Waals surface area contributed by atoms with Crippen LogP contribution in [0.2, 0.25) is 0 Å². The van der Waals surface area contributed by atoms with Crippen molar-refractivity contribution in [2.24, 2.45) is 5.92 Å². The van der Waals surface area contributed by atoms with Gasteiger partial charge in [0.05, 0.1) is 6.10 Å². The van der Waals surface area contributed by atoms with E-state index in [4.69, 9.17) is 4.74 Å². The van der Waals surface area contributed by atoms with Crippen LogP contribution in [0.25, 0.3) is 0 Å². The Hall–Kier alpha value is -0.120. The Morgan fingerprint density at radius 2 is 2.07 bits per heavy atom. The SMILES string of the molecule is CC(C)CNCC(C)NC[C@@H]1CCCO1. The van der Waals surface area contributed by atoms with E-state index in [1.165, 1.54) is 12.8 Å². The highest BCUT2D eigenvalue weighted by atomic mass is 16.5. The molecule has 0 aromatic carbocycles. The van der Waals surface area contributed by atoms with Crippen molar-refractivity contribution < 1.29 is 4.74 Å². The summed E-state index contributed by atoms with van der Waals surface area (Å²) in [4.78, 5) is 0. The van der Waals surface area contributed by atoms with E-state index < -0.39 is 0 Å². The first-order chi connectivity index (χ1) is 7.18. The molecule has 0 saturated carbocycles. The first kappa shape index (κ1) is 12.9. The van der Waals surface area contributed by atoms with Crippen LogP contribution in [0.3, 0.4) is 0 Å². The Balaban J connectivity index is 1.95. The Morgan fingerprint density at radius 3 is 2.67 bits per heavy atom. The van der Waals surface area contributed by atoms with Crippen molar-refractivity contribution in [2.45, 2.75) is 45.8 Å². The van der Waals surface area contributed by atoms with E-state index >= 15 is 0 Å². The summed E-state index contributed by atoms with van der Waals surface area (Å²) in [6.45, 7) is 10.8. The molecule has 0 aliphatic carbocycles. The summed E-state index contributed by atoms with van der Waals surface area (Å²) >= 11 is 0. The van der Waals surface area contributed by atoms with Crippen LogP contribution < -0.4 is 10.6 Å². The first-order valence-electron chi connectivity index (χ1n) is 6.24. The second kappa shape index (κ2) is 7.20. The van der Waals surface area contributed by atoms with Crippen LogP contribution in [0.5, 0.6) is 0 Å². The highest BCUT2D eigenvalue weighted by molar-refractivity contribution is 4.71. The number of rotatable bonds is 7. The third-order valence-corrected chi connectivity index (χ3v) is 2.72. The molecule has 1 unspecified atom stereocenters. The third kappa shape index (κ3) is 6.13. The number of nitrogens with one attached hydrogen (secondary N) is 2. The molecule has 3 heteroatoms. The van der Waals surface area contributed by atoms with Crippen LogP contribution in [-0.4, -0.2) is 38.4 Å². The summed E-state index contributed by atoms with van der Waals surface area (Å²) in [6, 6.07) is 0.535. The smallest absolute Gasteiger partial charge is 0.0700 e. The van der Waals surface area contributed by atoms with E-state index in [1.54, 1.807) is 0 Å². The highest BCUT2D eigenvalue weighted by Gasteiger charge is 2.15. The van der Waals surface area contributed by atoms with E-state index in [-0.39, 0.29) is 0 Å². The van der Waals surface area contributed by atoms with Gasteiger partial charge in [-0.05, 0) is 32.2 Å². The molecule has 15 heavy (non-hydrogen) atoms. The molecule has 1 saturated heterocycles. The normalized spacial score (nSPS) is 23.6. The number of hydrogen-bond donors (Lipinski definition) is 2. The quantitative estimate of drug-likeness (QED) is 0.672. The molecule has 0 spiro atoms. The molecule has 0 radical (unpaired) electrons. The topological polar surface area (TPSA) is 33.3 Å². The molecule has 0 bridgehead atoms. The van der Waals surface area contributed by atoms with Crippen LogP contribution in [-0.2, 0) is 4.74 Å². The Kier molecular flexibility index (Phi) is 6.22. The molecule has 0 amide bonds. The average Bonchev–Trinajstić information content (AvgIpc) is 2.66. The number of ether oxygens (including phenoxy) is 1. The van der Waals surface area contributed by atoms with Crippen molar-refractivity contribution in [2.75, 3.05) is 26.2 Å². The largest absolute Gasteiger partial charge is 0.377 e. The Labute approximate surface area is 94.0 Å². The van der Waals surface area contributed by atoms with Crippen LogP contribution >= 0.6 is 0 Å². The monoisotopic (exact) mass is 214 g/mol. The summed E-state index contributed by atoms with van der Waals surface area (Å²) < 4.78 is 5.56.